The Morgan fingerprint density at radius 3 is 2.82 bits per heavy atom. The third-order valence-corrected chi connectivity index (χ3v) is 3.41. The molecule has 17 heavy (non-hydrogen) atoms. The minimum Gasteiger partial charge on any atom is -0.455 e. The summed E-state index contributed by atoms with van der Waals surface area (Å²) in [5.74, 6) is 1.39. The minimum absolute atomic E-state index is 0.0418. The molecule has 1 aliphatic heterocycles. The Hall–Kier alpha value is -1.29. The van der Waals surface area contributed by atoms with Crippen LogP contribution in [0.25, 0.3) is 0 Å². The molecule has 1 aliphatic carbocycles. The third-order valence-electron chi connectivity index (χ3n) is 3.41. The topological polar surface area (TPSA) is 45.5 Å². The maximum atomic E-state index is 12.0. The lowest BCUT2D eigenvalue weighted by atomic mass is 10.4. The van der Waals surface area contributed by atoms with Crippen molar-refractivity contribution in [1.82, 2.24) is 10.2 Å². The molecule has 0 aromatic carbocycles. The minimum atomic E-state index is 0.0418. The van der Waals surface area contributed by atoms with Crippen LogP contribution in [0, 0.1) is 0 Å². The fourth-order valence-electron chi connectivity index (χ4n) is 2.20. The van der Waals surface area contributed by atoms with Crippen LogP contribution >= 0.6 is 0 Å². The van der Waals surface area contributed by atoms with Crippen molar-refractivity contribution in [2.75, 3.05) is 13.1 Å². The fourth-order valence-corrected chi connectivity index (χ4v) is 2.20. The standard InChI is InChI=1S/C13H18N2O2/c16-13(15-7-1-2-8-15)12-6-5-11(17-12)9-14-10-3-4-10/h5-6,10,14H,1-4,7-9H2. The number of nitrogens with zero attached hydrogens (tertiary/aromatic N) is 1. The van der Waals surface area contributed by atoms with Crippen molar-refractivity contribution < 1.29 is 9.21 Å². The van der Waals surface area contributed by atoms with Crippen molar-refractivity contribution in [2.45, 2.75) is 38.3 Å². The average Bonchev–Trinajstić information content (AvgIpc) is 2.86. The van der Waals surface area contributed by atoms with Gasteiger partial charge in [-0.05, 0) is 37.8 Å². The van der Waals surface area contributed by atoms with Gasteiger partial charge in [-0.2, -0.15) is 0 Å². The highest BCUT2D eigenvalue weighted by atomic mass is 16.4. The van der Waals surface area contributed by atoms with E-state index in [0.717, 1.165) is 38.2 Å². The molecule has 2 heterocycles. The van der Waals surface area contributed by atoms with E-state index in [1.54, 1.807) is 6.07 Å². The van der Waals surface area contributed by atoms with E-state index in [1.165, 1.54) is 12.8 Å². The summed E-state index contributed by atoms with van der Waals surface area (Å²) in [6.45, 7) is 2.47. The van der Waals surface area contributed by atoms with Crippen LogP contribution in [0.3, 0.4) is 0 Å². The van der Waals surface area contributed by atoms with Crippen LogP contribution in [0.2, 0.25) is 0 Å². The van der Waals surface area contributed by atoms with Gasteiger partial charge in [0.15, 0.2) is 5.76 Å². The molecule has 1 saturated carbocycles. The molecule has 1 aromatic rings. The molecule has 3 rings (SSSR count). The molecule has 2 aliphatic rings. The van der Waals surface area contributed by atoms with Crippen molar-refractivity contribution in [3.05, 3.63) is 23.7 Å². The van der Waals surface area contributed by atoms with Gasteiger partial charge in [0.2, 0.25) is 0 Å². The van der Waals surface area contributed by atoms with E-state index in [-0.39, 0.29) is 5.91 Å². The molecule has 0 atom stereocenters. The Bertz CT molecular complexity index is 403. The van der Waals surface area contributed by atoms with Gasteiger partial charge in [-0.15, -0.1) is 0 Å². The van der Waals surface area contributed by atoms with Gasteiger partial charge in [-0.1, -0.05) is 0 Å². The first-order chi connectivity index (χ1) is 8.33. The van der Waals surface area contributed by atoms with E-state index in [9.17, 15) is 4.79 Å². The van der Waals surface area contributed by atoms with Crippen LogP contribution in [-0.2, 0) is 6.54 Å². The Morgan fingerprint density at radius 1 is 1.35 bits per heavy atom. The van der Waals surface area contributed by atoms with Gasteiger partial charge in [0.05, 0.1) is 6.54 Å². The number of carbonyl (C=O) groups excluding carboxylic acids is 1. The second-order valence-electron chi connectivity index (χ2n) is 4.92. The second-order valence-corrected chi connectivity index (χ2v) is 4.92. The predicted octanol–water partition coefficient (Wildman–Crippen LogP) is 1.77. The summed E-state index contributed by atoms with van der Waals surface area (Å²) in [4.78, 5) is 13.9. The number of nitrogens with one attached hydrogen (secondary N) is 1. The largest absolute Gasteiger partial charge is 0.455 e. The zero-order chi connectivity index (χ0) is 11.7. The van der Waals surface area contributed by atoms with Crippen LogP contribution in [0.15, 0.2) is 16.5 Å². The maximum absolute atomic E-state index is 12.0. The van der Waals surface area contributed by atoms with Crippen LogP contribution in [-0.4, -0.2) is 29.9 Å². The van der Waals surface area contributed by atoms with Gasteiger partial charge >= 0.3 is 0 Å². The molecule has 0 unspecified atom stereocenters. The van der Waals surface area contributed by atoms with E-state index in [4.69, 9.17) is 4.42 Å². The maximum Gasteiger partial charge on any atom is 0.289 e. The number of carbonyl (C=O) groups is 1. The predicted molar refractivity (Wildman–Crippen MR) is 63.7 cm³/mol. The SMILES string of the molecule is O=C(c1ccc(CNC2CC2)o1)N1CCCC1. The lowest BCUT2D eigenvalue weighted by molar-refractivity contribution is 0.0759. The number of likely N-dealkylation sites (tertiary alicyclic amines) is 1. The summed E-state index contributed by atoms with van der Waals surface area (Å²) < 4.78 is 5.58. The summed E-state index contributed by atoms with van der Waals surface area (Å²) in [6, 6.07) is 4.36. The van der Waals surface area contributed by atoms with E-state index in [0.29, 0.717) is 11.8 Å². The quantitative estimate of drug-likeness (QED) is 0.863. The molecule has 1 saturated heterocycles. The molecular formula is C13H18N2O2. The van der Waals surface area contributed by atoms with Gasteiger partial charge in [-0.25, -0.2) is 0 Å². The number of rotatable bonds is 4. The molecule has 1 amide bonds. The van der Waals surface area contributed by atoms with Crippen molar-refractivity contribution >= 4 is 5.91 Å². The summed E-state index contributed by atoms with van der Waals surface area (Å²) >= 11 is 0. The molecule has 4 heteroatoms. The molecular weight excluding hydrogens is 216 g/mol. The molecule has 0 spiro atoms. The molecule has 0 bridgehead atoms. The zero-order valence-corrected chi connectivity index (χ0v) is 9.95. The van der Waals surface area contributed by atoms with Crippen LogP contribution in [0.1, 0.15) is 42.0 Å². The fraction of sp³-hybridized carbons (Fsp3) is 0.615. The first kappa shape index (κ1) is 10.8. The van der Waals surface area contributed by atoms with Crippen molar-refractivity contribution in [3.63, 3.8) is 0 Å². The zero-order valence-electron chi connectivity index (χ0n) is 9.95. The van der Waals surface area contributed by atoms with Gasteiger partial charge in [0.25, 0.3) is 5.91 Å². The Labute approximate surface area is 101 Å². The van der Waals surface area contributed by atoms with Crippen LogP contribution in [0.5, 0.6) is 0 Å². The summed E-state index contributed by atoms with van der Waals surface area (Å²) in [7, 11) is 0. The number of hydrogen-bond donors (Lipinski definition) is 1. The van der Waals surface area contributed by atoms with Gasteiger partial charge in [0, 0.05) is 19.1 Å². The van der Waals surface area contributed by atoms with Gasteiger partial charge in [0.1, 0.15) is 5.76 Å². The summed E-state index contributed by atoms with van der Waals surface area (Å²) in [5.41, 5.74) is 0. The van der Waals surface area contributed by atoms with Crippen LogP contribution in [0.4, 0.5) is 0 Å². The molecule has 92 valence electrons. The summed E-state index contributed by atoms with van der Waals surface area (Å²) in [5, 5.41) is 3.38. The third kappa shape index (κ3) is 2.52. The first-order valence-corrected chi connectivity index (χ1v) is 6.44. The number of furan rings is 1. The van der Waals surface area contributed by atoms with Crippen molar-refractivity contribution in [1.29, 1.82) is 0 Å². The summed E-state index contributed by atoms with van der Waals surface area (Å²) in [6.07, 6.45) is 4.76. The molecule has 1 aromatic heterocycles. The van der Waals surface area contributed by atoms with E-state index in [2.05, 4.69) is 5.32 Å². The Kier molecular flexibility index (Phi) is 2.89. The molecule has 0 radical (unpaired) electrons. The average molecular weight is 234 g/mol. The number of amides is 1. The van der Waals surface area contributed by atoms with E-state index >= 15 is 0 Å². The highest BCUT2D eigenvalue weighted by Gasteiger charge is 2.23. The normalized spacial score (nSPS) is 19.9. The van der Waals surface area contributed by atoms with E-state index < -0.39 is 0 Å². The molecule has 2 fully saturated rings. The Balaban J connectivity index is 1.60. The van der Waals surface area contributed by atoms with E-state index in [1.807, 2.05) is 11.0 Å². The smallest absolute Gasteiger partial charge is 0.289 e. The van der Waals surface area contributed by atoms with Crippen LogP contribution < -0.4 is 5.32 Å². The lowest BCUT2D eigenvalue weighted by Gasteiger charge is -2.12. The van der Waals surface area contributed by atoms with Gasteiger partial charge in [-0.3, -0.25) is 4.79 Å². The molecule has 4 nitrogen and oxygen atoms in total. The Morgan fingerprint density at radius 2 is 2.12 bits per heavy atom. The second kappa shape index (κ2) is 4.53. The first-order valence-electron chi connectivity index (χ1n) is 6.44. The lowest BCUT2D eigenvalue weighted by Crippen LogP contribution is -2.27. The highest BCUT2D eigenvalue weighted by Crippen LogP contribution is 2.20. The van der Waals surface area contributed by atoms with Crippen molar-refractivity contribution in [2.24, 2.45) is 0 Å². The van der Waals surface area contributed by atoms with Crippen molar-refractivity contribution in [3.8, 4) is 0 Å². The molecule has 1 N–H and O–H groups in total. The highest BCUT2D eigenvalue weighted by molar-refractivity contribution is 5.91. The van der Waals surface area contributed by atoms with Gasteiger partial charge < -0.3 is 14.6 Å². The number of hydrogen-bond acceptors (Lipinski definition) is 3. The monoisotopic (exact) mass is 234 g/mol.